The summed E-state index contributed by atoms with van der Waals surface area (Å²) in [7, 11) is 0. The highest BCUT2D eigenvalue weighted by Gasteiger charge is 2.02. The summed E-state index contributed by atoms with van der Waals surface area (Å²) in [5.74, 6) is 0. The second kappa shape index (κ2) is 7.39. The molecule has 0 aliphatic rings. The predicted molar refractivity (Wildman–Crippen MR) is 88.9 cm³/mol. The van der Waals surface area contributed by atoms with Crippen LogP contribution >= 0.6 is 0 Å². The monoisotopic (exact) mass is 268 g/mol. The molecule has 2 nitrogen and oxygen atoms in total. The molecule has 1 aromatic rings. The van der Waals surface area contributed by atoms with Crippen LogP contribution in [0.15, 0.2) is 60.6 Å². The van der Waals surface area contributed by atoms with Gasteiger partial charge in [-0.1, -0.05) is 36.9 Å². The van der Waals surface area contributed by atoms with Crippen molar-refractivity contribution in [2.24, 2.45) is 5.73 Å². The third-order valence-electron chi connectivity index (χ3n) is 3.03. The van der Waals surface area contributed by atoms with Gasteiger partial charge < -0.3 is 11.1 Å². The van der Waals surface area contributed by atoms with Crippen LogP contribution in [0.3, 0.4) is 0 Å². The van der Waals surface area contributed by atoms with E-state index in [1.165, 1.54) is 16.7 Å². The molecule has 20 heavy (non-hydrogen) atoms. The van der Waals surface area contributed by atoms with Gasteiger partial charge in [0.05, 0.1) is 5.70 Å². The third-order valence-corrected chi connectivity index (χ3v) is 3.03. The van der Waals surface area contributed by atoms with Crippen molar-refractivity contribution in [3.8, 4) is 0 Å². The molecule has 0 saturated heterocycles. The van der Waals surface area contributed by atoms with E-state index in [0.29, 0.717) is 0 Å². The van der Waals surface area contributed by atoms with Crippen molar-refractivity contribution in [2.45, 2.75) is 27.7 Å². The minimum atomic E-state index is 0.837. The van der Waals surface area contributed by atoms with E-state index in [4.69, 9.17) is 5.73 Å². The molecule has 0 fully saturated rings. The molecule has 0 aromatic heterocycles. The molecule has 0 saturated carbocycles. The summed E-state index contributed by atoms with van der Waals surface area (Å²) in [6.07, 6.45) is 7.68. The van der Waals surface area contributed by atoms with Crippen LogP contribution < -0.4 is 11.1 Å². The number of aryl methyl sites for hydroxylation is 2. The van der Waals surface area contributed by atoms with Crippen LogP contribution in [-0.2, 0) is 0 Å². The van der Waals surface area contributed by atoms with Gasteiger partial charge in [0.2, 0.25) is 0 Å². The lowest BCUT2D eigenvalue weighted by Crippen LogP contribution is -2.10. The van der Waals surface area contributed by atoms with Crippen LogP contribution in [0.5, 0.6) is 0 Å². The van der Waals surface area contributed by atoms with Crippen molar-refractivity contribution < 1.29 is 0 Å². The normalized spacial score (nSPS) is 12.8. The SMILES string of the molecule is C=C(C)NC(=C\N)/C=C(\C=C/C)c1ccc(C)c(C)c1. The van der Waals surface area contributed by atoms with Crippen molar-refractivity contribution in [2.75, 3.05) is 0 Å². The van der Waals surface area contributed by atoms with Gasteiger partial charge in [0.25, 0.3) is 0 Å². The van der Waals surface area contributed by atoms with Crippen LogP contribution in [0.2, 0.25) is 0 Å². The van der Waals surface area contributed by atoms with E-state index in [-0.39, 0.29) is 0 Å². The zero-order chi connectivity index (χ0) is 15.1. The third kappa shape index (κ3) is 4.47. The second-order valence-corrected chi connectivity index (χ2v) is 4.93. The Bertz CT molecular complexity index is 575. The summed E-state index contributed by atoms with van der Waals surface area (Å²) in [4.78, 5) is 0. The van der Waals surface area contributed by atoms with Crippen molar-refractivity contribution >= 4 is 5.57 Å². The Morgan fingerprint density at radius 3 is 2.45 bits per heavy atom. The molecular weight excluding hydrogens is 244 g/mol. The zero-order valence-corrected chi connectivity index (χ0v) is 12.8. The maximum absolute atomic E-state index is 5.66. The smallest absolute Gasteiger partial charge is 0.0545 e. The first-order valence-corrected chi connectivity index (χ1v) is 6.74. The van der Waals surface area contributed by atoms with Crippen LogP contribution in [0.25, 0.3) is 5.57 Å². The standard InChI is InChI=1S/C18H24N2/c1-6-7-16(11-18(12-19)20-13(2)3)17-9-8-14(4)15(5)10-17/h6-12,20H,2,19H2,1,3-5H3/b7-6-,16-11+,18-12-. The maximum Gasteiger partial charge on any atom is 0.0545 e. The van der Waals surface area contributed by atoms with Crippen molar-refractivity contribution in [3.05, 3.63) is 77.3 Å². The quantitative estimate of drug-likeness (QED) is 0.786. The van der Waals surface area contributed by atoms with Gasteiger partial charge in [0.15, 0.2) is 0 Å². The Kier molecular flexibility index (Phi) is 5.85. The number of hydrogen-bond donors (Lipinski definition) is 2. The first kappa shape index (κ1) is 15.8. The Morgan fingerprint density at radius 1 is 1.25 bits per heavy atom. The Morgan fingerprint density at radius 2 is 1.95 bits per heavy atom. The Balaban J connectivity index is 3.22. The Labute approximate surface area is 122 Å². The molecule has 0 unspecified atom stereocenters. The lowest BCUT2D eigenvalue weighted by Gasteiger charge is -2.10. The highest BCUT2D eigenvalue weighted by Crippen LogP contribution is 2.21. The van der Waals surface area contributed by atoms with Gasteiger partial charge in [-0.3, -0.25) is 0 Å². The zero-order valence-electron chi connectivity index (χ0n) is 12.8. The fourth-order valence-electron chi connectivity index (χ4n) is 1.87. The topological polar surface area (TPSA) is 38.0 Å². The maximum atomic E-state index is 5.66. The molecule has 0 atom stereocenters. The summed E-state index contributed by atoms with van der Waals surface area (Å²) >= 11 is 0. The number of nitrogens with one attached hydrogen (secondary N) is 1. The number of nitrogens with two attached hydrogens (primary N) is 1. The summed E-state index contributed by atoms with van der Waals surface area (Å²) in [6, 6.07) is 6.46. The van der Waals surface area contributed by atoms with Crippen LogP contribution in [0, 0.1) is 13.8 Å². The van der Waals surface area contributed by atoms with E-state index in [0.717, 1.165) is 17.0 Å². The second-order valence-electron chi connectivity index (χ2n) is 4.93. The van der Waals surface area contributed by atoms with Crippen molar-refractivity contribution in [1.29, 1.82) is 0 Å². The van der Waals surface area contributed by atoms with E-state index in [1.54, 1.807) is 6.20 Å². The van der Waals surface area contributed by atoms with Gasteiger partial charge in [0.1, 0.15) is 0 Å². The molecule has 0 amide bonds. The van der Waals surface area contributed by atoms with E-state index < -0.39 is 0 Å². The molecule has 0 aliphatic heterocycles. The van der Waals surface area contributed by atoms with Gasteiger partial charge in [-0.05, 0) is 56.0 Å². The first-order chi connectivity index (χ1) is 9.47. The van der Waals surface area contributed by atoms with Crippen LogP contribution in [0.1, 0.15) is 30.5 Å². The molecule has 2 heteroatoms. The van der Waals surface area contributed by atoms with E-state index in [9.17, 15) is 0 Å². The number of allylic oxidation sites excluding steroid dienone is 5. The Hall–Kier alpha value is -2.22. The molecular formula is C18H24N2. The van der Waals surface area contributed by atoms with Gasteiger partial charge in [-0.2, -0.15) is 0 Å². The molecule has 3 N–H and O–H groups in total. The fourth-order valence-corrected chi connectivity index (χ4v) is 1.87. The highest BCUT2D eigenvalue weighted by atomic mass is 14.9. The number of benzene rings is 1. The number of hydrogen-bond acceptors (Lipinski definition) is 2. The van der Waals surface area contributed by atoms with Gasteiger partial charge >= 0.3 is 0 Å². The van der Waals surface area contributed by atoms with Crippen LogP contribution in [0.4, 0.5) is 0 Å². The van der Waals surface area contributed by atoms with Crippen LogP contribution in [-0.4, -0.2) is 0 Å². The molecule has 1 aromatic carbocycles. The lowest BCUT2D eigenvalue weighted by atomic mass is 9.99. The van der Waals surface area contributed by atoms with E-state index in [1.807, 2.05) is 26.0 Å². The summed E-state index contributed by atoms with van der Waals surface area (Å²) in [5, 5.41) is 3.15. The predicted octanol–water partition coefficient (Wildman–Crippen LogP) is 4.19. The first-order valence-electron chi connectivity index (χ1n) is 6.74. The average molecular weight is 268 g/mol. The van der Waals surface area contributed by atoms with E-state index in [2.05, 4.69) is 50.0 Å². The largest absolute Gasteiger partial charge is 0.403 e. The molecule has 0 heterocycles. The summed E-state index contributed by atoms with van der Waals surface area (Å²) < 4.78 is 0. The number of rotatable bonds is 5. The molecule has 0 spiro atoms. The average Bonchev–Trinajstić information content (AvgIpc) is 2.40. The minimum absolute atomic E-state index is 0.837. The fraction of sp³-hybridized carbons (Fsp3) is 0.222. The molecule has 1 rings (SSSR count). The van der Waals surface area contributed by atoms with Gasteiger partial charge in [-0.25, -0.2) is 0 Å². The van der Waals surface area contributed by atoms with Gasteiger partial charge in [-0.15, -0.1) is 0 Å². The lowest BCUT2D eigenvalue weighted by molar-refractivity contribution is 1.00. The summed E-state index contributed by atoms with van der Waals surface area (Å²) in [5.41, 5.74) is 12.2. The van der Waals surface area contributed by atoms with E-state index >= 15 is 0 Å². The molecule has 0 radical (unpaired) electrons. The minimum Gasteiger partial charge on any atom is -0.403 e. The van der Waals surface area contributed by atoms with Crippen molar-refractivity contribution in [3.63, 3.8) is 0 Å². The van der Waals surface area contributed by atoms with Crippen molar-refractivity contribution in [1.82, 2.24) is 5.32 Å². The molecule has 0 aliphatic carbocycles. The highest BCUT2D eigenvalue weighted by molar-refractivity contribution is 5.76. The molecule has 106 valence electrons. The summed E-state index contributed by atoms with van der Waals surface area (Å²) in [6.45, 7) is 12.0. The molecule has 0 bridgehead atoms. The van der Waals surface area contributed by atoms with Gasteiger partial charge in [0, 0.05) is 11.9 Å².